The van der Waals surface area contributed by atoms with Gasteiger partial charge in [0.05, 0.1) is 20.8 Å². The van der Waals surface area contributed by atoms with Crippen LogP contribution in [0.5, 0.6) is 0 Å². The zero-order valence-electron chi connectivity index (χ0n) is 7.91. The van der Waals surface area contributed by atoms with Gasteiger partial charge < -0.3 is 4.74 Å². The highest BCUT2D eigenvalue weighted by Gasteiger charge is 2.29. The number of carbonyl (C=O) groups excluding carboxylic acids is 1. The quantitative estimate of drug-likeness (QED) is 0.379. The van der Waals surface area contributed by atoms with Crippen molar-refractivity contribution >= 4 is 5.97 Å². The van der Waals surface area contributed by atoms with Crippen molar-refractivity contribution in [3.8, 4) is 0 Å². The maximum absolute atomic E-state index is 11.1. The maximum atomic E-state index is 11.1. The fourth-order valence-electron chi connectivity index (χ4n) is 1.43. The Labute approximate surface area is 77.3 Å². The SMILES string of the molecule is COOCC1CCC(C(=O)OC)N1. The van der Waals surface area contributed by atoms with Gasteiger partial charge in [0.25, 0.3) is 0 Å². The van der Waals surface area contributed by atoms with Gasteiger partial charge in [-0.3, -0.25) is 10.1 Å². The van der Waals surface area contributed by atoms with Crippen molar-refractivity contribution in [1.82, 2.24) is 5.32 Å². The molecule has 1 rings (SSSR count). The van der Waals surface area contributed by atoms with Gasteiger partial charge in [0, 0.05) is 6.04 Å². The predicted molar refractivity (Wildman–Crippen MR) is 44.9 cm³/mol. The first-order chi connectivity index (χ1) is 6.27. The number of hydrogen-bond donors (Lipinski definition) is 1. The van der Waals surface area contributed by atoms with E-state index in [1.807, 2.05) is 0 Å². The van der Waals surface area contributed by atoms with Gasteiger partial charge in [-0.15, -0.1) is 0 Å². The Kier molecular flexibility index (Phi) is 4.14. The monoisotopic (exact) mass is 189 g/mol. The smallest absolute Gasteiger partial charge is 0.322 e. The van der Waals surface area contributed by atoms with Gasteiger partial charge in [0.1, 0.15) is 6.04 Å². The van der Waals surface area contributed by atoms with Crippen LogP contribution in [0.1, 0.15) is 12.8 Å². The molecule has 0 aromatic rings. The molecule has 0 radical (unpaired) electrons. The molecule has 0 aromatic heterocycles. The Morgan fingerprint density at radius 3 is 2.85 bits per heavy atom. The Bertz CT molecular complexity index is 174. The summed E-state index contributed by atoms with van der Waals surface area (Å²) in [5.41, 5.74) is 0. The minimum absolute atomic E-state index is 0.184. The number of ether oxygens (including phenoxy) is 1. The lowest BCUT2D eigenvalue weighted by atomic mass is 10.2. The van der Waals surface area contributed by atoms with E-state index in [0.717, 1.165) is 12.8 Å². The van der Waals surface area contributed by atoms with Crippen molar-refractivity contribution in [2.75, 3.05) is 20.8 Å². The molecule has 5 nitrogen and oxygen atoms in total. The van der Waals surface area contributed by atoms with Crippen LogP contribution < -0.4 is 5.32 Å². The predicted octanol–water partition coefficient (Wildman–Crippen LogP) is -0.142. The standard InChI is InChI=1S/C8H15NO4/c1-11-8(10)7-4-3-6(9-7)5-13-12-2/h6-7,9H,3-5H2,1-2H3. The van der Waals surface area contributed by atoms with Crippen LogP contribution in [-0.4, -0.2) is 38.9 Å². The van der Waals surface area contributed by atoms with Crippen LogP contribution in [0.15, 0.2) is 0 Å². The Morgan fingerprint density at radius 1 is 1.46 bits per heavy atom. The molecule has 5 heteroatoms. The third-order valence-electron chi connectivity index (χ3n) is 2.11. The van der Waals surface area contributed by atoms with Gasteiger partial charge in [-0.05, 0) is 12.8 Å². The number of rotatable bonds is 4. The first kappa shape index (κ1) is 10.4. The molecule has 1 N–H and O–H groups in total. The normalized spacial score (nSPS) is 27.5. The summed E-state index contributed by atoms with van der Waals surface area (Å²) < 4.78 is 4.61. The number of hydrogen-bond acceptors (Lipinski definition) is 5. The van der Waals surface area contributed by atoms with E-state index in [9.17, 15) is 4.79 Å². The molecule has 1 aliphatic rings. The Balaban J connectivity index is 2.23. The molecule has 0 bridgehead atoms. The average molecular weight is 189 g/mol. The van der Waals surface area contributed by atoms with E-state index < -0.39 is 0 Å². The van der Waals surface area contributed by atoms with Gasteiger partial charge in [-0.25, -0.2) is 9.78 Å². The van der Waals surface area contributed by atoms with Gasteiger partial charge in [0.2, 0.25) is 0 Å². The van der Waals surface area contributed by atoms with Crippen molar-refractivity contribution in [2.24, 2.45) is 0 Å². The summed E-state index contributed by atoms with van der Waals surface area (Å²) in [5, 5.41) is 3.10. The number of carbonyl (C=O) groups is 1. The van der Waals surface area contributed by atoms with E-state index in [1.165, 1.54) is 14.2 Å². The van der Waals surface area contributed by atoms with Gasteiger partial charge in [-0.2, -0.15) is 0 Å². The molecular weight excluding hydrogens is 174 g/mol. The number of esters is 1. The second kappa shape index (κ2) is 5.16. The molecule has 0 amide bonds. The third-order valence-corrected chi connectivity index (χ3v) is 2.11. The van der Waals surface area contributed by atoms with E-state index in [-0.39, 0.29) is 18.1 Å². The molecule has 1 saturated heterocycles. The first-order valence-corrected chi connectivity index (χ1v) is 4.27. The molecule has 0 aromatic carbocycles. The molecule has 1 fully saturated rings. The lowest BCUT2D eigenvalue weighted by Crippen LogP contribution is -2.38. The number of methoxy groups -OCH3 is 1. The highest BCUT2D eigenvalue weighted by molar-refractivity contribution is 5.76. The third kappa shape index (κ3) is 2.95. The Hall–Kier alpha value is -0.650. The average Bonchev–Trinajstić information content (AvgIpc) is 2.62. The molecule has 1 aliphatic heterocycles. The van der Waals surface area contributed by atoms with E-state index in [2.05, 4.69) is 14.9 Å². The fraction of sp³-hybridized carbons (Fsp3) is 0.875. The summed E-state index contributed by atoms with van der Waals surface area (Å²) in [6.07, 6.45) is 1.70. The van der Waals surface area contributed by atoms with Gasteiger partial charge >= 0.3 is 5.97 Å². The van der Waals surface area contributed by atoms with Crippen LogP contribution in [0.2, 0.25) is 0 Å². The van der Waals surface area contributed by atoms with Crippen molar-refractivity contribution in [3.63, 3.8) is 0 Å². The molecule has 2 atom stereocenters. The summed E-state index contributed by atoms with van der Waals surface area (Å²) in [5.74, 6) is -0.208. The topological polar surface area (TPSA) is 56.8 Å². The van der Waals surface area contributed by atoms with Crippen LogP contribution in [0, 0.1) is 0 Å². The maximum Gasteiger partial charge on any atom is 0.322 e. The summed E-state index contributed by atoms with van der Waals surface area (Å²) in [4.78, 5) is 20.3. The lowest BCUT2D eigenvalue weighted by Gasteiger charge is -2.11. The molecule has 76 valence electrons. The summed E-state index contributed by atoms with van der Waals surface area (Å²) in [7, 11) is 2.86. The molecule has 0 spiro atoms. The second-order valence-electron chi connectivity index (χ2n) is 2.97. The minimum atomic E-state index is -0.208. The summed E-state index contributed by atoms with van der Waals surface area (Å²) >= 11 is 0. The van der Waals surface area contributed by atoms with Crippen LogP contribution >= 0.6 is 0 Å². The van der Waals surface area contributed by atoms with Crippen LogP contribution in [0.4, 0.5) is 0 Å². The van der Waals surface area contributed by atoms with Gasteiger partial charge in [0.15, 0.2) is 0 Å². The fourth-order valence-corrected chi connectivity index (χ4v) is 1.43. The molecule has 0 aliphatic carbocycles. The van der Waals surface area contributed by atoms with Crippen molar-refractivity contribution in [1.29, 1.82) is 0 Å². The highest BCUT2D eigenvalue weighted by Crippen LogP contribution is 2.13. The molecule has 0 saturated carbocycles. The zero-order valence-corrected chi connectivity index (χ0v) is 7.91. The molecule has 1 heterocycles. The lowest BCUT2D eigenvalue weighted by molar-refractivity contribution is -0.275. The second-order valence-corrected chi connectivity index (χ2v) is 2.97. The molecule has 13 heavy (non-hydrogen) atoms. The minimum Gasteiger partial charge on any atom is -0.468 e. The van der Waals surface area contributed by atoms with Crippen LogP contribution in [0.25, 0.3) is 0 Å². The van der Waals surface area contributed by atoms with Crippen molar-refractivity contribution in [2.45, 2.75) is 24.9 Å². The Morgan fingerprint density at radius 2 is 2.23 bits per heavy atom. The largest absolute Gasteiger partial charge is 0.468 e. The molecule has 2 unspecified atom stereocenters. The van der Waals surface area contributed by atoms with Crippen LogP contribution in [-0.2, 0) is 19.3 Å². The van der Waals surface area contributed by atoms with Crippen LogP contribution in [0.3, 0.4) is 0 Å². The first-order valence-electron chi connectivity index (χ1n) is 4.27. The summed E-state index contributed by atoms with van der Waals surface area (Å²) in [6, 6.07) is -0.000457. The zero-order chi connectivity index (χ0) is 9.68. The van der Waals surface area contributed by atoms with Gasteiger partial charge in [-0.1, -0.05) is 0 Å². The van der Waals surface area contributed by atoms with Crippen molar-refractivity contribution < 1.29 is 19.3 Å². The van der Waals surface area contributed by atoms with E-state index in [4.69, 9.17) is 4.89 Å². The van der Waals surface area contributed by atoms with E-state index in [0.29, 0.717) is 6.61 Å². The van der Waals surface area contributed by atoms with E-state index >= 15 is 0 Å². The number of nitrogens with one attached hydrogen (secondary N) is 1. The molecular formula is C8H15NO4. The highest BCUT2D eigenvalue weighted by atomic mass is 17.2. The van der Waals surface area contributed by atoms with E-state index in [1.54, 1.807) is 0 Å². The summed E-state index contributed by atoms with van der Waals surface area (Å²) in [6.45, 7) is 0.462. The van der Waals surface area contributed by atoms with Crippen molar-refractivity contribution in [3.05, 3.63) is 0 Å².